The van der Waals surface area contributed by atoms with Crippen LogP contribution in [-0.2, 0) is 21.4 Å². The number of nitrogens with zero attached hydrogens (tertiary/aromatic N) is 1. The summed E-state index contributed by atoms with van der Waals surface area (Å²) in [7, 11) is 0. The highest BCUT2D eigenvalue weighted by molar-refractivity contribution is 5.89. The van der Waals surface area contributed by atoms with Gasteiger partial charge in [-0.15, -0.1) is 0 Å². The molecule has 2 amide bonds. The second kappa shape index (κ2) is 10.6. The van der Waals surface area contributed by atoms with Gasteiger partial charge in [0, 0.05) is 26.1 Å². The van der Waals surface area contributed by atoms with Crippen molar-refractivity contribution in [1.82, 2.24) is 10.2 Å². The molecule has 0 bridgehead atoms. The Hall–Kier alpha value is -3.21. The largest absolute Gasteiger partial charge is 0.355 e. The summed E-state index contributed by atoms with van der Waals surface area (Å²) in [5.74, 6) is 0.0131. The van der Waals surface area contributed by atoms with Crippen LogP contribution in [0.25, 0.3) is 0 Å². The van der Waals surface area contributed by atoms with E-state index in [0.29, 0.717) is 45.3 Å². The number of amides is 2. The molecule has 2 aliphatic rings. The van der Waals surface area contributed by atoms with E-state index in [1.54, 1.807) is 6.08 Å². The molecule has 172 valence electrons. The topological polar surface area (TPSA) is 49.4 Å². The number of benzene rings is 2. The van der Waals surface area contributed by atoms with Crippen LogP contribution in [0.5, 0.6) is 0 Å². The SMILES string of the molecule is O=C(CCc1ccccc1)N1CCC(C(=O)NCC2C=CC(F)=CC2)(c2ccccc2)CC1. The maximum absolute atomic E-state index is 13.5. The van der Waals surface area contributed by atoms with Crippen molar-refractivity contribution in [3.63, 3.8) is 0 Å². The number of hydrogen-bond donors (Lipinski definition) is 1. The van der Waals surface area contributed by atoms with Crippen molar-refractivity contribution in [3.8, 4) is 0 Å². The summed E-state index contributed by atoms with van der Waals surface area (Å²) < 4.78 is 13.2. The van der Waals surface area contributed by atoms with Crippen molar-refractivity contribution in [1.29, 1.82) is 0 Å². The summed E-state index contributed by atoms with van der Waals surface area (Å²) in [4.78, 5) is 28.2. The van der Waals surface area contributed by atoms with Crippen molar-refractivity contribution in [3.05, 3.63) is 95.8 Å². The number of carbonyl (C=O) groups excluding carboxylic acids is 2. The quantitative estimate of drug-likeness (QED) is 0.669. The van der Waals surface area contributed by atoms with Crippen molar-refractivity contribution >= 4 is 11.8 Å². The standard InChI is InChI=1S/C28H31FN2O2/c29-25-14-11-23(12-15-25)21-30-27(33)28(24-9-5-2-6-10-24)17-19-31(20-18-28)26(32)16-13-22-7-3-1-4-8-22/h1-11,14-15,23H,12-13,16-21H2,(H,30,33). The molecule has 0 saturated carbocycles. The normalized spacial score (nSPS) is 19.6. The summed E-state index contributed by atoms with van der Waals surface area (Å²) >= 11 is 0. The molecule has 0 radical (unpaired) electrons. The van der Waals surface area contributed by atoms with Crippen LogP contribution in [0.2, 0.25) is 0 Å². The third-order valence-corrected chi connectivity index (χ3v) is 6.87. The Kier molecular flexibility index (Phi) is 7.38. The second-order valence-electron chi connectivity index (χ2n) is 8.97. The molecule has 5 heteroatoms. The average Bonchev–Trinajstić information content (AvgIpc) is 2.88. The van der Waals surface area contributed by atoms with Crippen LogP contribution in [-0.4, -0.2) is 36.3 Å². The monoisotopic (exact) mass is 446 g/mol. The predicted molar refractivity (Wildman–Crippen MR) is 128 cm³/mol. The number of hydrogen-bond acceptors (Lipinski definition) is 2. The summed E-state index contributed by atoms with van der Waals surface area (Å²) in [5, 5.41) is 3.12. The molecule has 2 aromatic carbocycles. The first-order chi connectivity index (χ1) is 16.1. The minimum atomic E-state index is -0.656. The number of aryl methyl sites for hydroxylation is 1. The fraction of sp³-hybridized carbons (Fsp3) is 0.357. The first-order valence-corrected chi connectivity index (χ1v) is 11.8. The number of carbonyl (C=O) groups is 2. The van der Waals surface area contributed by atoms with E-state index in [1.807, 2.05) is 71.6 Å². The van der Waals surface area contributed by atoms with E-state index < -0.39 is 5.41 Å². The molecule has 1 aliphatic carbocycles. The highest BCUT2D eigenvalue weighted by atomic mass is 19.1. The van der Waals surface area contributed by atoms with Gasteiger partial charge < -0.3 is 10.2 Å². The zero-order valence-electron chi connectivity index (χ0n) is 18.9. The Bertz CT molecular complexity index is 1010. The molecule has 1 N–H and O–H groups in total. The fourth-order valence-corrected chi connectivity index (χ4v) is 4.78. The van der Waals surface area contributed by atoms with Gasteiger partial charge in [-0.1, -0.05) is 66.7 Å². The van der Waals surface area contributed by atoms with E-state index in [9.17, 15) is 14.0 Å². The lowest BCUT2D eigenvalue weighted by atomic mass is 9.71. The Labute approximate surface area is 195 Å². The van der Waals surface area contributed by atoms with Crippen LogP contribution < -0.4 is 5.32 Å². The molecular weight excluding hydrogens is 415 g/mol. The number of likely N-dealkylation sites (tertiary alicyclic amines) is 1. The van der Waals surface area contributed by atoms with Crippen LogP contribution in [0.4, 0.5) is 4.39 Å². The lowest BCUT2D eigenvalue weighted by Gasteiger charge is -2.41. The Morgan fingerprint density at radius 1 is 1.00 bits per heavy atom. The zero-order valence-corrected chi connectivity index (χ0v) is 18.9. The van der Waals surface area contributed by atoms with Gasteiger partial charge in [-0.25, -0.2) is 4.39 Å². The molecule has 4 nitrogen and oxygen atoms in total. The smallest absolute Gasteiger partial charge is 0.230 e. The van der Waals surface area contributed by atoms with Gasteiger partial charge >= 0.3 is 0 Å². The third kappa shape index (κ3) is 5.59. The van der Waals surface area contributed by atoms with Crippen molar-refractivity contribution in [2.24, 2.45) is 5.92 Å². The van der Waals surface area contributed by atoms with Crippen LogP contribution in [0, 0.1) is 5.92 Å². The Balaban J connectivity index is 1.39. The number of halogens is 1. The van der Waals surface area contributed by atoms with E-state index in [0.717, 1.165) is 17.5 Å². The minimum Gasteiger partial charge on any atom is -0.355 e. The average molecular weight is 447 g/mol. The van der Waals surface area contributed by atoms with Crippen molar-refractivity contribution in [2.75, 3.05) is 19.6 Å². The van der Waals surface area contributed by atoms with E-state index in [-0.39, 0.29) is 23.6 Å². The van der Waals surface area contributed by atoms with Crippen molar-refractivity contribution < 1.29 is 14.0 Å². The summed E-state index contributed by atoms with van der Waals surface area (Å²) in [5.41, 5.74) is 1.49. The molecule has 1 saturated heterocycles. The second-order valence-corrected chi connectivity index (χ2v) is 8.97. The molecule has 33 heavy (non-hydrogen) atoms. The third-order valence-electron chi connectivity index (χ3n) is 6.87. The van der Waals surface area contributed by atoms with Crippen LogP contribution in [0.15, 0.2) is 84.7 Å². The molecule has 1 aliphatic heterocycles. The number of nitrogens with one attached hydrogen (secondary N) is 1. The van der Waals surface area contributed by atoms with E-state index in [2.05, 4.69) is 5.32 Å². The summed E-state index contributed by atoms with van der Waals surface area (Å²) in [6, 6.07) is 19.9. The van der Waals surface area contributed by atoms with E-state index >= 15 is 0 Å². The molecule has 4 rings (SSSR count). The minimum absolute atomic E-state index is 0.00601. The van der Waals surface area contributed by atoms with Gasteiger partial charge in [0.25, 0.3) is 0 Å². The predicted octanol–water partition coefficient (Wildman–Crippen LogP) is 4.73. The van der Waals surface area contributed by atoms with E-state index in [1.165, 1.54) is 6.08 Å². The maximum atomic E-state index is 13.5. The number of rotatable bonds is 7. The van der Waals surface area contributed by atoms with Gasteiger partial charge in [-0.3, -0.25) is 9.59 Å². The van der Waals surface area contributed by atoms with Gasteiger partial charge in [0.05, 0.1) is 5.41 Å². The molecule has 0 aromatic heterocycles. The van der Waals surface area contributed by atoms with Gasteiger partial charge in [0.15, 0.2) is 0 Å². The van der Waals surface area contributed by atoms with Crippen LogP contribution >= 0.6 is 0 Å². The highest BCUT2D eigenvalue weighted by Crippen LogP contribution is 2.36. The first kappa shape index (κ1) is 23.0. The Morgan fingerprint density at radius 2 is 1.67 bits per heavy atom. The van der Waals surface area contributed by atoms with Crippen LogP contribution in [0.3, 0.4) is 0 Å². The molecule has 1 atom stereocenters. The lowest BCUT2D eigenvalue weighted by molar-refractivity contribution is -0.137. The lowest BCUT2D eigenvalue weighted by Crippen LogP contribution is -2.53. The van der Waals surface area contributed by atoms with Crippen molar-refractivity contribution in [2.45, 2.75) is 37.5 Å². The fourth-order valence-electron chi connectivity index (χ4n) is 4.78. The first-order valence-electron chi connectivity index (χ1n) is 11.8. The number of allylic oxidation sites excluding steroid dienone is 3. The number of piperidine rings is 1. The van der Waals surface area contributed by atoms with Gasteiger partial charge in [-0.05, 0) is 54.9 Å². The van der Waals surface area contributed by atoms with Gasteiger partial charge in [-0.2, -0.15) is 0 Å². The van der Waals surface area contributed by atoms with Gasteiger partial charge in [0.2, 0.25) is 11.8 Å². The Morgan fingerprint density at radius 3 is 2.30 bits per heavy atom. The zero-order chi connectivity index (χ0) is 23.1. The summed E-state index contributed by atoms with van der Waals surface area (Å²) in [6.45, 7) is 1.61. The summed E-state index contributed by atoms with van der Waals surface area (Å²) in [6.07, 6.45) is 7.82. The molecule has 1 unspecified atom stereocenters. The molecule has 1 heterocycles. The molecule has 0 spiro atoms. The maximum Gasteiger partial charge on any atom is 0.230 e. The van der Waals surface area contributed by atoms with Crippen LogP contribution in [0.1, 0.15) is 36.8 Å². The molecule has 2 aromatic rings. The van der Waals surface area contributed by atoms with E-state index in [4.69, 9.17) is 0 Å². The highest BCUT2D eigenvalue weighted by Gasteiger charge is 2.43. The van der Waals surface area contributed by atoms with Gasteiger partial charge in [0.1, 0.15) is 5.83 Å². The molecule has 1 fully saturated rings. The molecular formula is C28H31FN2O2.